The van der Waals surface area contributed by atoms with Gasteiger partial charge in [0, 0.05) is 5.56 Å². The highest BCUT2D eigenvalue weighted by molar-refractivity contribution is 5.82. The van der Waals surface area contributed by atoms with Crippen LogP contribution >= 0.6 is 0 Å². The molecule has 2 aromatic rings. The average Bonchev–Trinajstić information content (AvgIpc) is 2.77. The van der Waals surface area contributed by atoms with E-state index in [1.165, 1.54) is 6.39 Å². The normalized spacial score (nSPS) is 9.53. The monoisotopic (exact) mass is 198 g/mol. The summed E-state index contributed by atoms with van der Waals surface area (Å²) in [4.78, 5) is 17.6. The Labute approximate surface area is 86.0 Å². The molecule has 1 aromatic heterocycles. The lowest BCUT2D eigenvalue weighted by Crippen LogP contribution is -1.83. The molecule has 0 fully saturated rings. The minimum absolute atomic E-state index is 0.269. The number of carbonyl (C=O) groups is 1. The van der Waals surface area contributed by atoms with Gasteiger partial charge in [-0.2, -0.15) is 0 Å². The largest absolute Gasteiger partial charge is 0.443 e. The average molecular weight is 198 g/mol. The van der Waals surface area contributed by atoms with E-state index in [0.717, 1.165) is 5.56 Å². The van der Waals surface area contributed by atoms with Gasteiger partial charge < -0.3 is 4.42 Å². The standard InChI is InChI=1S/C11H6N2O2/c1-12-9-4-2-8(3-5-9)11-10(6-14)13-7-15-11/h2-7H. The van der Waals surface area contributed by atoms with Crippen molar-refractivity contribution < 1.29 is 9.21 Å². The Balaban J connectivity index is 2.46. The van der Waals surface area contributed by atoms with Crippen LogP contribution in [0.3, 0.4) is 0 Å². The Hall–Kier alpha value is -2.41. The van der Waals surface area contributed by atoms with Crippen LogP contribution in [-0.2, 0) is 0 Å². The van der Waals surface area contributed by atoms with Crippen LogP contribution in [-0.4, -0.2) is 11.3 Å². The number of benzene rings is 1. The van der Waals surface area contributed by atoms with E-state index in [-0.39, 0.29) is 5.69 Å². The van der Waals surface area contributed by atoms with Crippen LogP contribution in [0.25, 0.3) is 16.2 Å². The van der Waals surface area contributed by atoms with Crippen LogP contribution in [0.4, 0.5) is 5.69 Å². The minimum atomic E-state index is 0.269. The van der Waals surface area contributed by atoms with Crippen LogP contribution in [0, 0.1) is 6.57 Å². The Kier molecular flexibility index (Phi) is 2.30. The molecule has 0 aliphatic heterocycles. The van der Waals surface area contributed by atoms with Gasteiger partial charge in [0.2, 0.25) is 0 Å². The first-order valence-electron chi connectivity index (χ1n) is 4.21. The highest BCUT2D eigenvalue weighted by Crippen LogP contribution is 2.24. The van der Waals surface area contributed by atoms with Crippen molar-refractivity contribution >= 4 is 12.0 Å². The molecule has 4 heteroatoms. The molecular weight excluding hydrogens is 192 g/mol. The summed E-state index contributed by atoms with van der Waals surface area (Å²) in [5, 5.41) is 0. The van der Waals surface area contributed by atoms with Gasteiger partial charge in [0.25, 0.3) is 0 Å². The number of hydrogen-bond acceptors (Lipinski definition) is 3. The lowest BCUT2D eigenvalue weighted by atomic mass is 10.1. The maximum Gasteiger partial charge on any atom is 0.187 e. The van der Waals surface area contributed by atoms with Crippen LogP contribution in [0.5, 0.6) is 0 Å². The molecule has 2 rings (SSSR count). The van der Waals surface area contributed by atoms with Crippen molar-refractivity contribution in [2.24, 2.45) is 0 Å². The van der Waals surface area contributed by atoms with E-state index in [9.17, 15) is 4.79 Å². The third kappa shape index (κ3) is 1.63. The Bertz CT molecular complexity index is 520. The topological polar surface area (TPSA) is 47.5 Å². The van der Waals surface area contributed by atoms with Crippen molar-refractivity contribution in [2.75, 3.05) is 0 Å². The number of oxazole rings is 1. The molecule has 0 bridgehead atoms. The predicted octanol–water partition coefficient (Wildman–Crippen LogP) is 2.70. The van der Waals surface area contributed by atoms with Crippen LogP contribution in [0.15, 0.2) is 35.1 Å². The summed E-state index contributed by atoms with van der Waals surface area (Å²) in [6.07, 6.45) is 1.86. The molecule has 0 aliphatic carbocycles. The number of carbonyl (C=O) groups excluding carboxylic acids is 1. The van der Waals surface area contributed by atoms with Gasteiger partial charge >= 0.3 is 0 Å². The van der Waals surface area contributed by atoms with E-state index in [0.29, 0.717) is 17.7 Å². The fourth-order valence-corrected chi connectivity index (χ4v) is 1.24. The van der Waals surface area contributed by atoms with Crippen molar-refractivity contribution in [2.45, 2.75) is 0 Å². The Morgan fingerprint density at radius 2 is 2.07 bits per heavy atom. The van der Waals surface area contributed by atoms with Crippen molar-refractivity contribution in [3.8, 4) is 11.3 Å². The second kappa shape index (κ2) is 3.76. The van der Waals surface area contributed by atoms with Gasteiger partial charge in [-0.15, -0.1) is 0 Å². The lowest BCUT2D eigenvalue weighted by Gasteiger charge is -1.96. The van der Waals surface area contributed by atoms with Crippen LogP contribution < -0.4 is 0 Å². The molecule has 4 nitrogen and oxygen atoms in total. The molecule has 72 valence electrons. The second-order valence-electron chi connectivity index (χ2n) is 2.84. The zero-order chi connectivity index (χ0) is 10.7. The van der Waals surface area contributed by atoms with Crippen molar-refractivity contribution in [1.29, 1.82) is 0 Å². The van der Waals surface area contributed by atoms with Crippen molar-refractivity contribution in [3.63, 3.8) is 0 Å². The molecule has 0 saturated heterocycles. The van der Waals surface area contributed by atoms with E-state index in [1.807, 2.05) is 0 Å². The Morgan fingerprint density at radius 3 is 2.67 bits per heavy atom. The molecule has 0 unspecified atom stereocenters. The summed E-state index contributed by atoms with van der Waals surface area (Å²) >= 11 is 0. The van der Waals surface area contributed by atoms with Gasteiger partial charge in [0.1, 0.15) is 5.69 Å². The van der Waals surface area contributed by atoms with E-state index >= 15 is 0 Å². The summed E-state index contributed by atoms with van der Waals surface area (Å²) in [5.41, 5.74) is 1.55. The molecule has 0 spiro atoms. The predicted molar refractivity (Wildman–Crippen MR) is 53.6 cm³/mol. The molecular formula is C11H6N2O2. The molecule has 0 radical (unpaired) electrons. The fraction of sp³-hybridized carbons (Fsp3) is 0. The number of aromatic nitrogens is 1. The highest BCUT2D eigenvalue weighted by atomic mass is 16.3. The maximum absolute atomic E-state index is 10.6. The second-order valence-corrected chi connectivity index (χ2v) is 2.84. The molecule has 1 aromatic carbocycles. The number of aldehydes is 1. The lowest BCUT2D eigenvalue weighted by molar-refractivity contribution is 0.112. The summed E-state index contributed by atoms with van der Waals surface area (Å²) in [6.45, 7) is 6.80. The quantitative estimate of drug-likeness (QED) is 0.550. The molecule has 0 aliphatic rings. The van der Waals surface area contributed by atoms with Gasteiger partial charge in [0.15, 0.2) is 24.1 Å². The van der Waals surface area contributed by atoms with Gasteiger partial charge in [0.05, 0.1) is 6.57 Å². The summed E-state index contributed by atoms with van der Waals surface area (Å²) in [5.74, 6) is 0.432. The van der Waals surface area contributed by atoms with Gasteiger partial charge in [-0.25, -0.2) is 9.83 Å². The number of hydrogen-bond donors (Lipinski definition) is 0. The Morgan fingerprint density at radius 1 is 1.33 bits per heavy atom. The number of rotatable bonds is 2. The van der Waals surface area contributed by atoms with E-state index in [1.54, 1.807) is 24.3 Å². The smallest absolute Gasteiger partial charge is 0.187 e. The van der Waals surface area contributed by atoms with Gasteiger partial charge in [-0.1, -0.05) is 24.3 Å². The zero-order valence-corrected chi connectivity index (χ0v) is 7.68. The van der Waals surface area contributed by atoms with Crippen molar-refractivity contribution in [3.05, 3.63) is 47.8 Å². The molecule has 0 saturated carbocycles. The van der Waals surface area contributed by atoms with E-state index < -0.39 is 0 Å². The third-order valence-electron chi connectivity index (χ3n) is 1.97. The minimum Gasteiger partial charge on any atom is -0.443 e. The summed E-state index contributed by atoms with van der Waals surface area (Å²) in [7, 11) is 0. The molecule has 1 heterocycles. The fourth-order valence-electron chi connectivity index (χ4n) is 1.24. The third-order valence-corrected chi connectivity index (χ3v) is 1.97. The molecule has 0 amide bonds. The first-order valence-corrected chi connectivity index (χ1v) is 4.21. The molecule has 0 atom stereocenters. The maximum atomic E-state index is 10.6. The molecule has 15 heavy (non-hydrogen) atoms. The van der Waals surface area contributed by atoms with Crippen LogP contribution in [0.1, 0.15) is 10.5 Å². The first-order chi connectivity index (χ1) is 7.35. The van der Waals surface area contributed by atoms with E-state index in [2.05, 4.69) is 9.83 Å². The number of nitrogens with zero attached hydrogens (tertiary/aromatic N) is 2. The molecule has 0 N–H and O–H groups in total. The zero-order valence-electron chi connectivity index (χ0n) is 7.68. The van der Waals surface area contributed by atoms with Crippen molar-refractivity contribution in [1.82, 2.24) is 4.98 Å². The SMILES string of the molecule is [C-]#[N+]c1ccc(-c2ocnc2C=O)cc1. The van der Waals surface area contributed by atoms with E-state index in [4.69, 9.17) is 11.0 Å². The van der Waals surface area contributed by atoms with Gasteiger partial charge in [-0.05, 0) is 0 Å². The van der Waals surface area contributed by atoms with Crippen LogP contribution in [0.2, 0.25) is 0 Å². The van der Waals surface area contributed by atoms with Gasteiger partial charge in [-0.3, -0.25) is 4.79 Å². The first kappa shape index (κ1) is 9.16. The highest BCUT2D eigenvalue weighted by Gasteiger charge is 2.09. The summed E-state index contributed by atoms with van der Waals surface area (Å²) in [6, 6.07) is 6.78. The summed E-state index contributed by atoms with van der Waals surface area (Å²) < 4.78 is 5.10.